The van der Waals surface area contributed by atoms with Gasteiger partial charge in [0.2, 0.25) is 6.43 Å². The van der Waals surface area contributed by atoms with E-state index in [1.54, 1.807) is 12.1 Å². The first kappa shape index (κ1) is 23.2. The topological polar surface area (TPSA) is 47.6 Å². The zero-order valence-corrected chi connectivity index (χ0v) is 17.2. The van der Waals surface area contributed by atoms with Crippen molar-refractivity contribution in [2.75, 3.05) is 0 Å². The molecule has 7 heteroatoms. The predicted molar refractivity (Wildman–Crippen MR) is 112 cm³/mol. The number of nitriles is 2. The van der Waals surface area contributed by atoms with E-state index in [0.717, 1.165) is 30.9 Å². The van der Waals surface area contributed by atoms with Gasteiger partial charge in [-0.1, -0.05) is 37.6 Å². The maximum Gasteiger partial charge on any atom is 0.416 e. The molecule has 0 heterocycles. The first-order valence-corrected chi connectivity index (χ1v) is 10.1. The quantitative estimate of drug-likeness (QED) is 0.373. The van der Waals surface area contributed by atoms with E-state index in [4.69, 9.17) is 0 Å². The summed E-state index contributed by atoms with van der Waals surface area (Å²) in [5.74, 6) is 0. The summed E-state index contributed by atoms with van der Waals surface area (Å²) >= 11 is 0. The van der Waals surface area contributed by atoms with Crippen LogP contribution in [0.15, 0.2) is 42.5 Å². The van der Waals surface area contributed by atoms with Gasteiger partial charge in [-0.3, -0.25) is 0 Å². The second-order valence-electron chi connectivity index (χ2n) is 7.57. The number of alkyl halides is 5. The Balaban J connectivity index is 2.39. The number of fused-ring (bicyclic) bond motifs is 1. The molecule has 32 heavy (non-hydrogen) atoms. The van der Waals surface area contributed by atoms with Gasteiger partial charge in [0.15, 0.2) is 0 Å². The molecule has 164 valence electrons. The third kappa shape index (κ3) is 4.89. The smallest absolute Gasteiger partial charge is 0.210 e. The molecule has 0 aliphatic rings. The van der Waals surface area contributed by atoms with Crippen molar-refractivity contribution in [1.29, 1.82) is 10.5 Å². The molecule has 0 fully saturated rings. The van der Waals surface area contributed by atoms with Gasteiger partial charge in [-0.15, -0.1) is 0 Å². The molecule has 0 saturated carbocycles. The molecule has 0 amide bonds. The summed E-state index contributed by atoms with van der Waals surface area (Å²) in [5, 5.41) is 20.4. The van der Waals surface area contributed by atoms with Gasteiger partial charge >= 0.3 is 6.18 Å². The maximum absolute atomic E-state index is 13.5. The number of hydrogen-bond acceptors (Lipinski definition) is 2. The van der Waals surface area contributed by atoms with E-state index >= 15 is 0 Å². The van der Waals surface area contributed by atoms with Crippen LogP contribution >= 0.6 is 0 Å². The second kappa shape index (κ2) is 9.36. The predicted octanol–water partition coefficient (Wildman–Crippen LogP) is 7.42. The van der Waals surface area contributed by atoms with Crippen molar-refractivity contribution in [3.8, 4) is 23.3 Å². The highest BCUT2D eigenvalue weighted by Gasteiger charge is 2.32. The van der Waals surface area contributed by atoms with Crippen LogP contribution in [0.3, 0.4) is 0 Å². The van der Waals surface area contributed by atoms with Crippen molar-refractivity contribution >= 4 is 10.8 Å². The summed E-state index contributed by atoms with van der Waals surface area (Å²) in [4.78, 5) is 0. The monoisotopic (exact) mass is 442 g/mol. The molecule has 3 aromatic carbocycles. The van der Waals surface area contributed by atoms with E-state index in [2.05, 4.69) is 0 Å². The van der Waals surface area contributed by atoms with E-state index in [9.17, 15) is 32.5 Å². The summed E-state index contributed by atoms with van der Waals surface area (Å²) < 4.78 is 66.6. The SMILES string of the molecule is CCCCc1ccc2cc(C#N)c(C#N)c(-c3cc(CC(F)F)cc(C(F)(F)F)c3)c2c1. The van der Waals surface area contributed by atoms with E-state index in [0.29, 0.717) is 16.8 Å². The van der Waals surface area contributed by atoms with Crippen molar-refractivity contribution < 1.29 is 22.0 Å². The largest absolute Gasteiger partial charge is 0.416 e. The maximum atomic E-state index is 13.5. The fourth-order valence-corrected chi connectivity index (χ4v) is 3.78. The van der Waals surface area contributed by atoms with Crippen LogP contribution in [-0.4, -0.2) is 6.43 Å². The Morgan fingerprint density at radius 3 is 2.28 bits per heavy atom. The van der Waals surface area contributed by atoms with Crippen molar-refractivity contribution in [2.24, 2.45) is 0 Å². The molecule has 0 atom stereocenters. The molecule has 0 spiro atoms. The number of rotatable bonds is 6. The van der Waals surface area contributed by atoms with Gasteiger partial charge < -0.3 is 0 Å². The van der Waals surface area contributed by atoms with Crippen LogP contribution in [0.4, 0.5) is 22.0 Å². The van der Waals surface area contributed by atoms with Crippen LogP contribution in [0.5, 0.6) is 0 Å². The second-order valence-corrected chi connectivity index (χ2v) is 7.57. The van der Waals surface area contributed by atoms with Gasteiger partial charge in [-0.25, -0.2) is 8.78 Å². The molecule has 0 N–H and O–H groups in total. The summed E-state index contributed by atoms with van der Waals surface area (Å²) in [7, 11) is 0. The Morgan fingerprint density at radius 1 is 0.938 bits per heavy atom. The van der Waals surface area contributed by atoms with Gasteiger partial charge in [0, 0.05) is 12.0 Å². The lowest BCUT2D eigenvalue weighted by atomic mass is 9.87. The molecule has 3 rings (SSSR count). The van der Waals surface area contributed by atoms with Gasteiger partial charge in [0.25, 0.3) is 0 Å². The van der Waals surface area contributed by atoms with E-state index in [1.807, 2.05) is 25.1 Å². The van der Waals surface area contributed by atoms with Gasteiger partial charge in [-0.05, 0) is 58.5 Å². The molecule has 0 saturated heterocycles. The molecule has 0 aliphatic carbocycles. The normalized spacial score (nSPS) is 11.5. The first-order valence-electron chi connectivity index (χ1n) is 10.1. The Kier molecular flexibility index (Phi) is 6.79. The summed E-state index contributed by atoms with van der Waals surface area (Å²) in [6.45, 7) is 2.03. The standard InChI is InChI=1S/C25H19F5N2/c1-2-3-4-15-5-6-17-11-19(13-31)22(14-32)24(21(17)9-15)18-7-16(10-23(26)27)8-20(12-18)25(28,29)30/h5-9,11-12,23H,2-4,10H2,1H3. The highest BCUT2D eigenvalue weighted by Crippen LogP contribution is 2.39. The van der Waals surface area contributed by atoms with Crippen molar-refractivity contribution in [2.45, 2.75) is 45.2 Å². The van der Waals surface area contributed by atoms with Crippen LogP contribution < -0.4 is 0 Å². The average molecular weight is 442 g/mol. The van der Waals surface area contributed by atoms with Crippen LogP contribution in [0, 0.1) is 22.7 Å². The molecular weight excluding hydrogens is 423 g/mol. The molecule has 2 nitrogen and oxygen atoms in total. The van der Waals surface area contributed by atoms with Gasteiger partial charge in [0.05, 0.1) is 16.7 Å². The van der Waals surface area contributed by atoms with Crippen molar-refractivity contribution in [1.82, 2.24) is 0 Å². The molecule has 0 aliphatic heterocycles. The average Bonchev–Trinajstić information content (AvgIpc) is 2.74. The van der Waals surface area contributed by atoms with Crippen LogP contribution in [0.25, 0.3) is 21.9 Å². The lowest BCUT2D eigenvalue weighted by Gasteiger charge is -2.16. The van der Waals surface area contributed by atoms with E-state index in [1.165, 1.54) is 12.1 Å². The number of hydrogen-bond donors (Lipinski definition) is 0. The molecule has 0 radical (unpaired) electrons. The summed E-state index contributed by atoms with van der Waals surface area (Å²) in [5.41, 5.74) is -0.241. The van der Waals surface area contributed by atoms with Gasteiger partial charge in [0.1, 0.15) is 12.1 Å². The number of aryl methyl sites for hydroxylation is 1. The molecule has 0 bridgehead atoms. The Morgan fingerprint density at radius 2 is 1.69 bits per heavy atom. The number of unbranched alkanes of at least 4 members (excludes halogenated alkanes) is 1. The zero-order chi connectivity index (χ0) is 23.5. The third-order valence-corrected chi connectivity index (χ3v) is 5.26. The lowest BCUT2D eigenvalue weighted by molar-refractivity contribution is -0.137. The highest BCUT2D eigenvalue weighted by atomic mass is 19.4. The summed E-state index contributed by atoms with van der Waals surface area (Å²) in [6.07, 6.45) is -5.83. The van der Waals surface area contributed by atoms with Crippen molar-refractivity contribution in [3.05, 3.63) is 70.3 Å². The Labute approximate surface area is 182 Å². The minimum absolute atomic E-state index is 0.0123. The fourth-order valence-electron chi connectivity index (χ4n) is 3.78. The number of halogens is 5. The van der Waals surface area contributed by atoms with Crippen LogP contribution in [0.1, 0.15) is 47.6 Å². The Bertz CT molecular complexity index is 1230. The lowest BCUT2D eigenvalue weighted by Crippen LogP contribution is -2.08. The zero-order valence-electron chi connectivity index (χ0n) is 17.2. The molecule has 3 aromatic rings. The van der Waals surface area contributed by atoms with Gasteiger partial charge in [-0.2, -0.15) is 23.7 Å². The molecular formula is C25H19F5N2. The highest BCUT2D eigenvalue weighted by molar-refractivity contribution is 6.01. The van der Waals surface area contributed by atoms with E-state index in [-0.39, 0.29) is 27.8 Å². The van der Waals surface area contributed by atoms with Crippen LogP contribution in [0.2, 0.25) is 0 Å². The number of benzene rings is 3. The summed E-state index contributed by atoms with van der Waals surface area (Å²) in [6, 6.07) is 13.6. The minimum Gasteiger partial charge on any atom is -0.210 e. The number of nitrogens with zero attached hydrogens (tertiary/aromatic N) is 2. The van der Waals surface area contributed by atoms with E-state index < -0.39 is 24.6 Å². The minimum atomic E-state index is -4.76. The molecule has 0 aromatic heterocycles. The van der Waals surface area contributed by atoms with Crippen molar-refractivity contribution in [3.63, 3.8) is 0 Å². The first-order chi connectivity index (χ1) is 15.2. The van der Waals surface area contributed by atoms with Crippen LogP contribution in [-0.2, 0) is 19.0 Å². The third-order valence-electron chi connectivity index (χ3n) is 5.26. The fraction of sp³-hybridized carbons (Fsp3) is 0.280. The molecule has 0 unspecified atom stereocenters. The Hall–Kier alpha value is -3.45.